The van der Waals surface area contributed by atoms with Crippen LogP contribution in [0.25, 0.3) is 0 Å². The number of hydrogen-bond acceptors (Lipinski definition) is 4. The Morgan fingerprint density at radius 1 is 1.04 bits per heavy atom. The Balaban J connectivity index is 1.28. The number of hydrogen-bond donors (Lipinski definition) is 1. The first-order chi connectivity index (χ1) is 13.6. The van der Waals surface area contributed by atoms with E-state index in [4.69, 9.17) is 4.74 Å². The topological polar surface area (TPSA) is 74.8 Å². The number of rotatable bonds is 3. The number of carbonyl (C=O) groups excluding carboxylic acids is 2. The van der Waals surface area contributed by atoms with Gasteiger partial charge in [-0.3, -0.25) is 9.78 Å². The van der Waals surface area contributed by atoms with Crippen LogP contribution in [0.15, 0.2) is 42.7 Å². The summed E-state index contributed by atoms with van der Waals surface area (Å²) in [7, 11) is 0. The van der Waals surface area contributed by atoms with E-state index < -0.39 is 0 Å². The average molecular weight is 380 g/mol. The van der Waals surface area contributed by atoms with E-state index in [1.807, 2.05) is 41.4 Å². The standard InChI is InChI=1S/C21H24N4O3/c1-15(26)24-10-7-20(8-11-24)28-19-4-2-18(3-5-19)23-21(27)25-13-16-6-9-22-12-17(16)14-25/h2-6,9,12,20H,7-8,10-11,13-14H2,1H3,(H,23,27). The Kier molecular flexibility index (Phi) is 5.14. The number of aromatic nitrogens is 1. The number of nitrogens with zero attached hydrogens (tertiary/aromatic N) is 3. The second-order valence-corrected chi connectivity index (χ2v) is 7.28. The maximum atomic E-state index is 12.5. The molecule has 4 rings (SSSR count). The predicted octanol–water partition coefficient (Wildman–Crippen LogP) is 3.02. The molecule has 7 heteroatoms. The second-order valence-electron chi connectivity index (χ2n) is 7.28. The van der Waals surface area contributed by atoms with E-state index in [9.17, 15) is 9.59 Å². The van der Waals surface area contributed by atoms with Crippen molar-refractivity contribution in [3.63, 3.8) is 0 Å². The third-order valence-corrected chi connectivity index (χ3v) is 5.31. The Bertz CT molecular complexity index is 835. The Hall–Kier alpha value is -3.09. The number of likely N-dealkylation sites (tertiary alicyclic amines) is 1. The average Bonchev–Trinajstić information content (AvgIpc) is 3.14. The number of carbonyl (C=O) groups is 2. The van der Waals surface area contributed by atoms with Gasteiger partial charge in [-0.05, 0) is 41.5 Å². The monoisotopic (exact) mass is 380 g/mol. The fourth-order valence-electron chi connectivity index (χ4n) is 3.66. The first-order valence-electron chi connectivity index (χ1n) is 9.58. The van der Waals surface area contributed by atoms with Crippen LogP contribution in [-0.4, -0.2) is 45.9 Å². The summed E-state index contributed by atoms with van der Waals surface area (Å²) in [6.45, 7) is 4.26. The van der Waals surface area contributed by atoms with Gasteiger partial charge in [-0.25, -0.2) is 4.79 Å². The minimum Gasteiger partial charge on any atom is -0.490 e. The van der Waals surface area contributed by atoms with Crippen molar-refractivity contribution < 1.29 is 14.3 Å². The van der Waals surface area contributed by atoms with Gasteiger partial charge in [0.1, 0.15) is 11.9 Å². The molecular weight excluding hydrogens is 356 g/mol. The summed E-state index contributed by atoms with van der Waals surface area (Å²) < 4.78 is 6.02. The van der Waals surface area contributed by atoms with Gasteiger partial charge in [-0.15, -0.1) is 0 Å². The molecule has 1 aromatic carbocycles. The molecule has 2 aromatic rings. The van der Waals surface area contributed by atoms with E-state index in [2.05, 4.69) is 10.3 Å². The van der Waals surface area contributed by atoms with E-state index >= 15 is 0 Å². The van der Waals surface area contributed by atoms with Gasteiger partial charge in [0.25, 0.3) is 0 Å². The molecule has 1 saturated heterocycles. The highest BCUT2D eigenvalue weighted by Crippen LogP contribution is 2.24. The highest BCUT2D eigenvalue weighted by Gasteiger charge is 2.24. The molecule has 0 atom stereocenters. The van der Waals surface area contributed by atoms with Gasteiger partial charge in [0.2, 0.25) is 5.91 Å². The summed E-state index contributed by atoms with van der Waals surface area (Å²) in [6, 6.07) is 9.27. The summed E-state index contributed by atoms with van der Waals surface area (Å²) >= 11 is 0. The van der Waals surface area contributed by atoms with Crippen molar-refractivity contribution >= 4 is 17.6 Å². The summed E-state index contributed by atoms with van der Waals surface area (Å²) in [4.78, 5) is 31.6. The lowest BCUT2D eigenvalue weighted by molar-refractivity contribution is -0.130. The third kappa shape index (κ3) is 4.08. The number of piperidine rings is 1. The molecule has 0 saturated carbocycles. The van der Waals surface area contributed by atoms with E-state index in [1.165, 1.54) is 0 Å². The summed E-state index contributed by atoms with van der Waals surface area (Å²) in [5.41, 5.74) is 2.97. The van der Waals surface area contributed by atoms with Gasteiger partial charge < -0.3 is 19.9 Å². The minimum absolute atomic E-state index is 0.118. The molecular formula is C21H24N4O3. The molecule has 28 heavy (non-hydrogen) atoms. The zero-order valence-corrected chi connectivity index (χ0v) is 15.9. The van der Waals surface area contributed by atoms with Gasteiger partial charge in [-0.1, -0.05) is 0 Å². The van der Waals surface area contributed by atoms with Gasteiger partial charge in [0.15, 0.2) is 0 Å². The fourth-order valence-corrected chi connectivity index (χ4v) is 3.66. The molecule has 0 bridgehead atoms. The molecule has 1 aromatic heterocycles. The first-order valence-corrected chi connectivity index (χ1v) is 9.58. The van der Waals surface area contributed by atoms with Crippen molar-refractivity contribution in [2.45, 2.75) is 39.0 Å². The van der Waals surface area contributed by atoms with Crippen molar-refractivity contribution in [3.05, 3.63) is 53.9 Å². The molecule has 146 valence electrons. The van der Waals surface area contributed by atoms with Crippen molar-refractivity contribution in [2.24, 2.45) is 0 Å². The molecule has 2 aliphatic rings. The van der Waals surface area contributed by atoms with Crippen LogP contribution in [-0.2, 0) is 17.9 Å². The Morgan fingerprint density at radius 3 is 2.43 bits per heavy atom. The number of nitrogens with one attached hydrogen (secondary N) is 1. The maximum absolute atomic E-state index is 12.5. The van der Waals surface area contributed by atoms with Crippen molar-refractivity contribution in [1.82, 2.24) is 14.8 Å². The molecule has 1 N–H and O–H groups in total. The highest BCUT2D eigenvalue weighted by molar-refractivity contribution is 5.89. The van der Waals surface area contributed by atoms with Crippen molar-refractivity contribution in [2.75, 3.05) is 18.4 Å². The van der Waals surface area contributed by atoms with Crippen LogP contribution >= 0.6 is 0 Å². The molecule has 0 aliphatic carbocycles. The van der Waals surface area contributed by atoms with Crippen LogP contribution in [0.4, 0.5) is 10.5 Å². The van der Waals surface area contributed by atoms with Gasteiger partial charge >= 0.3 is 6.03 Å². The van der Waals surface area contributed by atoms with Crippen LogP contribution < -0.4 is 10.1 Å². The molecule has 0 radical (unpaired) electrons. The molecule has 0 unspecified atom stereocenters. The minimum atomic E-state index is -0.124. The third-order valence-electron chi connectivity index (χ3n) is 5.31. The maximum Gasteiger partial charge on any atom is 0.322 e. The van der Waals surface area contributed by atoms with E-state index in [-0.39, 0.29) is 18.0 Å². The van der Waals surface area contributed by atoms with Gasteiger partial charge in [0.05, 0.1) is 0 Å². The number of ether oxygens (including phenoxy) is 1. The van der Waals surface area contributed by atoms with Crippen molar-refractivity contribution in [1.29, 1.82) is 0 Å². The van der Waals surface area contributed by atoms with E-state index in [0.717, 1.165) is 48.5 Å². The van der Waals surface area contributed by atoms with E-state index in [1.54, 1.807) is 18.0 Å². The van der Waals surface area contributed by atoms with Crippen molar-refractivity contribution in [3.8, 4) is 5.75 Å². The van der Waals surface area contributed by atoms with Crippen LogP contribution in [0.2, 0.25) is 0 Å². The highest BCUT2D eigenvalue weighted by atomic mass is 16.5. The SMILES string of the molecule is CC(=O)N1CCC(Oc2ccc(NC(=O)N3Cc4ccncc4C3)cc2)CC1. The zero-order chi connectivity index (χ0) is 19.5. The number of urea groups is 1. The summed E-state index contributed by atoms with van der Waals surface area (Å²) in [6.07, 6.45) is 5.36. The van der Waals surface area contributed by atoms with Crippen LogP contribution in [0.5, 0.6) is 5.75 Å². The van der Waals surface area contributed by atoms with Crippen LogP contribution in [0.3, 0.4) is 0 Å². The number of anilines is 1. The largest absolute Gasteiger partial charge is 0.490 e. The lowest BCUT2D eigenvalue weighted by atomic mass is 10.1. The molecule has 3 heterocycles. The molecule has 3 amide bonds. The number of amides is 3. The Morgan fingerprint density at radius 2 is 1.75 bits per heavy atom. The predicted molar refractivity (Wildman–Crippen MR) is 105 cm³/mol. The van der Waals surface area contributed by atoms with E-state index in [0.29, 0.717) is 13.1 Å². The molecule has 7 nitrogen and oxygen atoms in total. The lowest BCUT2D eigenvalue weighted by Gasteiger charge is -2.31. The van der Waals surface area contributed by atoms with Gasteiger partial charge in [0, 0.05) is 64.0 Å². The zero-order valence-electron chi connectivity index (χ0n) is 15.9. The smallest absolute Gasteiger partial charge is 0.322 e. The summed E-state index contributed by atoms with van der Waals surface area (Å²) in [5.74, 6) is 0.898. The van der Waals surface area contributed by atoms with Crippen LogP contribution in [0, 0.1) is 0 Å². The second kappa shape index (κ2) is 7.88. The first kappa shape index (κ1) is 18.3. The number of fused-ring (bicyclic) bond motifs is 1. The molecule has 0 spiro atoms. The quantitative estimate of drug-likeness (QED) is 0.888. The molecule has 2 aliphatic heterocycles. The normalized spacial score (nSPS) is 16.6. The number of benzene rings is 1. The van der Waals surface area contributed by atoms with Crippen LogP contribution in [0.1, 0.15) is 30.9 Å². The fraction of sp³-hybridized carbons (Fsp3) is 0.381. The molecule has 1 fully saturated rings. The number of pyridine rings is 1. The van der Waals surface area contributed by atoms with Gasteiger partial charge in [-0.2, -0.15) is 0 Å². The summed E-state index contributed by atoms with van der Waals surface area (Å²) in [5, 5.41) is 2.93. The lowest BCUT2D eigenvalue weighted by Crippen LogP contribution is -2.40. The Labute approximate surface area is 164 Å².